The Morgan fingerprint density at radius 1 is 0.969 bits per heavy atom. The monoisotopic (exact) mass is 575 g/mol. The molecule has 0 unspecified atom stereocenters. The minimum Gasteiger partial charge on any atom is -0.460 e. The molecule has 0 fully saturated rings. The first-order valence-electron chi connectivity index (χ1n) is 10.0. The van der Waals surface area contributed by atoms with Crippen LogP contribution in [0.3, 0.4) is 0 Å². The second-order valence-corrected chi connectivity index (χ2v) is 12.3. The summed E-state index contributed by atoms with van der Waals surface area (Å²) in [5.74, 6) is 0.690. The van der Waals surface area contributed by atoms with Crippen molar-refractivity contribution in [2.75, 3.05) is 4.72 Å². The number of nitrogens with one attached hydrogen (secondary N) is 1. The first-order valence-corrected chi connectivity index (χ1v) is 13.1. The summed E-state index contributed by atoms with van der Waals surface area (Å²) in [6.45, 7) is 4.10. The first kappa shape index (κ1) is 21.7. The lowest BCUT2D eigenvalue weighted by Gasteiger charge is -2.27. The van der Waals surface area contributed by atoms with Crippen molar-refractivity contribution in [1.82, 2.24) is 0 Å². The molecule has 164 valence electrons. The smallest absolute Gasteiger partial charge is 0.263 e. The van der Waals surface area contributed by atoms with Gasteiger partial charge in [0.05, 0.1) is 11.3 Å². The molecule has 0 atom stereocenters. The number of hydrogen-bond donors (Lipinski definition) is 1. The molecule has 0 radical (unpaired) electrons. The van der Waals surface area contributed by atoms with Gasteiger partial charge in [-0.1, -0.05) is 54.0 Å². The standard InChI is InChI=1S/C24H19Br2NO4S/c1-24(2)11-19(28)22-16-10-18(27-32(29,30)21-9-13(25)7-8-17(21)26)14-5-3-4-6-15(14)23(16)31-20(22)12-24/h3-10,27H,11-12H2,1-2H3. The van der Waals surface area contributed by atoms with E-state index < -0.39 is 10.0 Å². The molecule has 1 N–H and O–H groups in total. The minimum absolute atomic E-state index is 0.0221. The van der Waals surface area contributed by atoms with E-state index in [4.69, 9.17) is 4.42 Å². The lowest BCUT2D eigenvalue weighted by molar-refractivity contribution is 0.0906. The third-order valence-corrected chi connectivity index (χ3v) is 8.61. The number of halogens is 2. The average molecular weight is 577 g/mol. The number of sulfonamides is 1. The number of furan rings is 1. The van der Waals surface area contributed by atoms with E-state index >= 15 is 0 Å². The lowest BCUT2D eigenvalue weighted by atomic mass is 9.76. The number of fused-ring (bicyclic) bond motifs is 5. The van der Waals surface area contributed by atoms with Gasteiger partial charge in [-0.25, -0.2) is 8.42 Å². The van der Waals surface area contributed by atoms with Crippen molar-refractivity contribution in [3.63, 3.8) is 0 Å². The Hall–Kier alpha value is -2.16. The van der Waals surface area contributed by atoms with Crippen molar-refractivity contribution in [3.8, 4) is 0 Å². The van der Waals surface area contributed by atoms with Crippen LogP contribution >= 0.6 is 31.9 Å². The summed E-state index contributed by atoms with van der Waals surface area (Å²) in [5, 5.41) is 2.11. The third-order valence-electron chi connectivity index (χ3n) is 5.75. The quantitative estimate of drug-likeness (QED) is 0.283. The first-order chi connectivity index (χ1) is 15.1. The summed E-state index contributed by atoms with van der Waals surface area (Å²) in [4.78, 5) is 13.1. The van der Waals surface area contributed by atoms with E-state index in [1.165, 1.54) is 0 Å². The van der Waals surface area contributed by atoms with Gasteiger partial charge in [-0.2, -0.15) is 0 Å². The number of carbonyl (C=O) groups is 1. The van der Waals surface area contributed by atoms with Gasteiger partial charge in [0.15, 0.2) is 5.78 Å². The predicted molar refractivity (Wildman–Crippen MR) is 133 cm³/mol. The maximum absolute atomic E-state index is 13.3. The number of rotatable bonds is 3. The molecule has 3 aromatic carbocycles. The predicted octanol–water partition coefficient (Wildman–Crippen LogP) is 7.07. The molecular weight excluding hydrogens is 558 g/mol. The molecule has 1 aromatic heterocycles. The van der Waals surface area contributed by atoms with Crippen LogP contribution in [0.15, 0.2) is 66.8 Å². The summed E-state index contributed by atoms with van der Waals surface area (Å²) in [7, 11) is -3.91. The SMILES string of the molecule is CC1(C)CC(=O)c2c(oc3c2cc(NS(=O)(=O)c2cc(Br)ccc2Br)c2ccccc23)C1. The molecule has 0 saturated heterocycles. The molecule has 8 heteroatoms. The van der Waals surface area contributed by atoms with Crippen LogP contribution in [-0.2, 0) is 16.4 Å². The van der Waals surface area contributed by atoms with E-state index in [2.05, 4.69) is 50.4 Å². The van der Waals surface area contributed by atoms with Crippen LogP contribution < -0.4 is 4.72 Å². The highest BCUT2D eigenvalue weighted by Gasteiger charge is 2.36. The van der Waals surface area contributed by atoms with Gasteiger partial charge in [0.2, 0.25) is 0 Å². The number of anilines is 1. The number of ketones is 1. The Balaban J connectivity index is 1.74. The van der Waals surface area contributed by atoms with Crippen LogP contribution in [0.1, 0.15) is 36.4 Å². The van der Waals surface area contributed by atoms with Crippen molar-refractivity contribution in [1.29, 1.82) is 0 Å². The molecule has 1 aliphatic rings. The molecule has 0 amide bonds. The van der Waals surface area contributed by atoms with E-state index in [-0.39, 0.29) is 16.1 Å². The fraction of sp³-hybridized carbons (Fsp3) is 0.208. The third kappa shape index (κ3) is 3.58. The summed E-state index contributed by atoms with van der Waals surface area (Å²) in [6, 6.07) is 14.1. The number of hydrogen-bond acceptors (Lipinski definition) is 4. The molecule has 1 heterocycles. The second-order valence-electron chi connectivity index (χ2n) is 8.87. The van der Waals surface area contributed by atoms with E-state index in [0.717, 1.165) is 5.39 Å². The summed E-state index contributed by atoms with van der Waals surface area (Å²) in [6.07, 6.45) is 1.08. The lowest BCUT2D eigenvalue weighted by Crippen LogP contribution is -2.25. The van der Waals surface area contributed by atoms with Crippen LogP contribution in [0.4, 0.5) is 5.69 Å². The topological polar surface area (TPSA) is 76.4 Å². The van der Waals surface area contributed by atoms with Crippen LogP contribution in [0, 0.1) is 5.41 Å². The summed E-state index contributed by atoms with van der Waals surface area (Å²) < 4.78 is 36.6. The molecule has 5 rings (SSSR count). The Morgan fingerprint density at radius 2 is 1.69 bits per heavy atom. The summed E-state index contributed by atoms with van der Waals surface area (Å²) in [5.41, 5.74) is 1.41. The van der Waals surface area contributed by atoms with Gasteiger partial charge in [-0.3, -0.25) is 9.52 Å². The molecule has 0 aliphatic heterocycles. The number of carbonyl (C=O) groups excluding carboxylic acids is 1. The fourth-order valence-electron chi connectivity index (χ4n) is 4.39. The zero-order valence-corrected chi connectivity index (χ0v) is 21.3. The highest BCUT2D eigenvalue weighted by Crippen LogP contribution is 2.43. The normalized spacial score (nSPS) is 15.8. The molecule has 0 saturated carbocycles. The van der Waals surface area contributed by atoms with E-state index in [9.17, 15) is 13.2 Å². The highest BCUT2D eigenvalue weighted by molar-refractivity contribution is 9.11. The van der Waals surface area contributed by atoms with E-state index in [0.29, 0.717) is 55.2 Å². The Labute approximate surface area is 202 Å². The molecule has 1 aliphatic carbocycles. The van der Waals surface area contributed by atoms with Crippen molar-refractivity contribution >= 4 is 75.1 Å². The van der Waals surface area contributed by atoms with Crippen molar-refractivity contribution in [2.24, 2.45) is 5.41 Å². The van der Waals surface area contributed by atoms with E-state index in [1.807, 2.05) is 24.3 Å². The van der Waals surface area contributed by atoms with Gasteiger partial charge in [0.25, 0.3) is 10.0 Å². The molecule has 4 aromatic rings. The molecule has 5 nitrogen and oxygen atoms in total. The Bertz CT molecular complexity index is 1540. The van der Waals surface area contributed by atoms with Gasteiger partial charge in [-0.05, 0) is 45.6 Å². The molecule has 0 bridgehead atoms. The maximum atomic E-state index is 13.3. The Morgan fingerprint density at radius 3 is 2.44 bits per heavy atom. The molecular formula is C24H19Br2NO4S. The highest BCUT2D eigenvalue weighted by atomic mass is 79.9. The average Bonchev–Trinajstić information content (AvgIpc) is 3.07. The van der Waals surface area contributed by atoms with E-state index in [1.54, 1.807) is 24.3 Å². The minimum atomic E-state index is -3.91. The van der Waals surface area contributed by atoms with Crippen molar-refractivity contribution < 1.29 is 17.6 Å². The second kappa shape index (κ2) is 7.43. The maximum Gasteiger partial charge on any atom is 0.263 e. The number of Topliss-reactive ketones (excluding diaryl/α,β-unsaturated/α-hetero) is 1. The fourth-order valence-corrected chi connectivity index (χ4v) is 6.96. The zero-order valence-electron chi connectivity index (χ0n) is 17.3. The summed E-state index contributed by atoms with van der Waals surface area (Å²) >= 11 is 6.67. The van der Waals surface area contributed by atoms with Crippen LogP contribution in [-0.4, -0.2) is 14.2 Å². The largest absolute Gasteiger partial charge is 0.460 e. The Kier molecular flexibility index (Phi) is 5.03. The molecule has 0 spiro atoms. The van der Waals surface area contributed by atoms with Crippen LogP contribution in [0.2, 0.25) is 0 Å². The van der Waals surface area contributed by atoms with Gasteiger partial charge >= 0.3 is 0 Å². The van der Waals surface area contributed by atoms with Gasteiger partial charge in [-0.15, -0.1) is 0 Å². The van der Waals surface area contributed by atoms with Crippen molar-refractivity contribution in [3.05, 3.63) is 68.8 Å². The zero-order chi connectivity index (χ0) is 22.8. The van der Waals surface area contributed by atoms with Crippen LogP contribution in [0.5, 0.6) is 0 Å². The van der Waals surface area contributed by atoms with Gasteiger partial charge < -0.3 is 4.42 Å². The number of benzene rings is 3. The van der Waals surface area contributed by atoms with Gasteiger partial charge in [0, 0.05) is 37.9 Å². The van der Waals surface area contributed by atoms with Crippen LogP contribution in [0.25, 0.3) is 21.7 Å². The van der Waals surface area contributed by atoms with Gasteiger partial charge in [0.1, 0.15) is 16.2 Å². The van der Waals surface area contributed by atoms with Crippen molar-refractivity contribution in [2.45, 2.75) is 31.6 Å². The molecule has 32 heavy (non-hydrogen) atoms.